The van der Waals surface area contributed by atoms with Gasteiger partial charge in [-0.05, 0) is 55.7 Å². The van der Waals surface area contributed by atoms with Crippen LogP contribution in [-0.2, 0) is 22.9 Å². The number of nitrogens with one attached hydrogen (secondary N) is 1. The van der Waals surface area contributed by atoms with Gasteiger partial charge in [0, 0.05) is 24.6 Å². The molecule has 212 valence electrons. The summed E-state index contributed by atoms with van der Waals surface area (Å²) in [6, 6.07) is 4.54. The molecule has 1 amide bonds. The molecule has 12 heteroatoms. The zero-order valence-electron chi connectivity index (χ0n) is 22.1. The molecular formula is C27H33F3N4O4S. The molecule has 39 heavy (non-hydrogen) atoms. The molecule has 0 unspecified atom stereocenters. The van der Waals surface area contributed by atoms with Gasteiger partial charge in [-0.2, -0.15) is 13.2 Å². The fraction of sp³-hybridized carbons (Fsp3) is 0.519. The Labute approximate surface area is 225 Å². The number of aromatic nitrogens is 3. The number of hydrogen-bond acceptors (Lipinski definition) is 6. The van der Waals surface area contributed by atoms with Gasteiger partial charge in [0.2, 0.25) is 5.88 Å². The first-order valence-electron chi connectivity index (χ1n) is 13.1. The molecule has 1 saturated carbocycles. The summed E-state index contributed by atoms with van der Waals surface area (Å²) >= 11 is 0. The van der Waals surface area contributed by atoms with E-state index in [1.54, 1.807) is 17.6 Å². The summed E-state index contributed by atoms with van der Waals surface area (Å²) in [5.74, 6) is -1.81. The van der Waals surface area contributed by atoms with Crippen LogP contribution < -0.4 is 5.32 Å². The zero-order chi connectivity index (χ0) is 28.5. The number of carbonyl (C=O) groups excluding carboxylic acids is 1. The second kappa shape index (κ2) is 11.1. The number of aromatic hydroxyl groups is 1. The first kappa shape index (κ1) is 28.8. The number of nitrogens with zero attached hydrogens (tertiary/aromatic N) is 3. The summed E-state index contributed by atoms with van der Waals surface area (Å²) in [4.78, 5) is 21.5. The van der Waals surface area contributed by atoms with Crippen LogP contribution in [0.5, 0.6) is 5.88 Å². The number of halogens is 3. The van der Waals surface area contributed by atoms with E-state index in [-0.39, 0.29) is 53.3 Å². The molecule has 2 N–H and O–H groups in total. The van der Waals surface area contributed by atoms with Crippen molar-refractivity contribution >= 4 is 26.6 Å². The fourth-order valence-electron chi connectivity index (χ4n) is 5.19. The van der Waals surface area contributed by atoms with E-state index in [1.807, 2.05) is 13.8 Å². The average molecular weight is 567 g/mol. The van der Waals surface area contributed by atoms with E-state index in [0.29, 0.717) is 36.0 Å². The smallest absolute Gasteiger partial charge is 0.391 e. The van der Waals surface area contributed by atoms with Crippen LogP contribution in [-0.4, -0.2) is 45.9 Å². The van der Waals surface area contributed by atoms with E-state index in [2.05, 4.69) is 15.3 Å². The Balaban J connectivity index is 1.50. The Bertz CT molecular complexity index is 1440. The predicted octanol–water partition coefficient (Wildman–Crippen LogP) is 5.35. The molecule has 0 atom stereocenters. The molecular weight excluding hydrogens is 533 g/mol. The van der Waals surface area contributed by atoms with Crippen molar-refractivity contribution in [3.8, 4) is 5.88 Å². The van der Waals surface area contributed by atoms with Gasteiger partial charge in [-0.15, -0.1) is 0 Å². The van der Waals surface area contributed by atoms with Gasteiger partial charge < -0.3 is 15.0 Å². The van der Waals surface area contributed by atoms with Crippen LogP contribution in [0.25, 0.3) is 10.9 Å². The second-order valence-electron chi connectivity index (χ2n) is 10.4. The van der Waals surface area contributed by atoms with Gasteiger partial charge in [-0.25, -0.2) is 8.42 Å². The standard InChI is InChI=1S/C27H33F3N4O4S/c1-4-39(37,38)21-10-9-20(31-14-21)13-33-25(35)18-11-22-23(32-12-18)24(16(2)3)34(26(22)36)15-17-5-7-19(8-6-17)27(28,29)30/h9-12,14,16-17,19,36H,4-8,13,15H2,1-3H3,(H,33,35). The molecule has 0 bridgehead atoms. The molecule has 0 spiro atoms. The van der Waals surface area contributed by atoms with Crippen LogP contribution in [0.1, 0.15) is 74.1 Å². The van der Waals surface area contributed by atoms with Crippen LogP contribution in [0.2, 0.25) is 0 Å². The number of hydrogen-bond donors (Lipinski definition) is 2. The third kappa shape index (κ3) is 6.21. The van der Waals surface area contributed by atoms with Crippen LogP contribution in [0.3, 0.4) is 0 Å². The van der Waals surface area contributed by atoms with E-state index in [9.17, 15) is 31.5 Å². The van der Waals surface area contributed by atoms with Gasteiger partial charge in [0.1, 0.15) is 0 Å². The number of alkyl halides is 3. The highest BCUT2D eigenvalue weighted by atomic mass is 32.2. The first-order valence-corrected chi connectivity index (χ1v) is 14.7. The van der Waals surface area contributed by atoms with Crippen molar-refractivity contribution in [2.24, 2.45) is 11.8 Å². The summed E-state index contributed by atoms with van der Waals surface area (Å²) in [7, 11) is -3.37. The molecule has 0 radical (unpaired) electrons. The highest BCUT2D eigenvalue weighted by Crippen LogP contribution is 2.42. The largest absolute Gasteiger partial charge is 0.494 e. The van der Waals surface area contributed by atoms with Crippen molar-refractivity contribution in [3.63, 3.8) is 0 Å². The number of fused-ring (bicyclic) bond motifs is 1. The summed E-state index contributed by atoms with van der Waals surface area (Å²) in [5, 5.41) is 14.2. The maximum Gasteiger partial charge on any atom is 0.391 e. The number of sulfone groups is 1. The lowest BCUT2D eigenvalue weighted by Crippen LogP contribution is -2.29. The Morgan fingerprint density at radius 1 is 1.15 bits per heavy atom. The molecule has 8 nitrogen and oxygen atoms in total. The van der Waals surface area contributed by atoms with Crippen LogP contribution >= 0.6 is 0 Å². The minimum Gasteiger partial charge on any atom is -0.494 e. The summed E-state index contributed by atoms with van der Waals surface area (Å²) in [6.07, 6.45) is -0.465. The quantitative estimate of drug-likeness (QED) is 0.380. The minimum absolute atomic E-state index is 0.00258. The van der Waals surface area contributed by atoms with E-state index in [4.69, 9.17) is 0 Å². The van der Waals surface area contributed by atoms with Crippen LogP contribution in [0.15, 0.2) is 35.5 Å². The van der Waals surface area contributed by atoms with Crippen molar-refractivity contribution in [1.29, 1.82) is 0 Å². The maximum absolute atomic E-state index is 13.1. The SMILES string of the molecule is CCS(=O)(=O)c1ccc(CNC(=O)c2cnc3c(C(C)C)n(CC4CCC(C(F)(F)F)CC4)c(O)c3c2)nc1. The topological polar surface area (TPSA) is 114 Å². The van der Waals surface area contributed by atoms with Crippen molar-refractivity contribution in [3.05, 3.63) is 47.5 Å². The number of rotatable bonds is 8. The highest BCUT2D eigenvalue weighted by molar-refractivity contribution is 7.91. The Morgan fingerprint density at radius 2 is 1.85 bits per heavy atom. The highest BCUT2D eigenvalue weighted by Gasteiger charge is 2.41. The fourth-order valence-corrected chi connectivity index (χ4v) is 6.01. The molecule has 3 aromatic heterocycles. The van der Waals surface area contributed by atoms with E-state index >= 15 is 0 Å². The monoisotopic (exact) mass is 566 g/mol. The van der Waals surface area contributed by atoms with Crippen LogP contribution in [0, 0.1) is 11.8 Å². The Hall–Kier alpha value is -3.15. The third-order valence-corrected chi connectivity index (χ3v) is 9.16. The number of pyridine rings is 2. The Kier molecular flexibility index (Phi) is 8.25. The molecule has 0 aliphatic heterocycles. The summed E-state index contributed by atoms with van der Waals surface area (Å²) in [6.45, 7) is 5.91. The Morgan fingerprint density at radius 3 is 2.41 bits per heavy atom. The molecule has 3 aromatic rings. The van der Waals surface area contributed by atoms with Crippen LogP contribution in [0.4, 0.5) is 13.2 Å². The lowest BCUT2D eigenvalue weighted by Gasteiger charge is -2.30. The minimum atomic E-state index is -4.17. The molecule has 4 rings (SSSR count). The van der Waals surface area contributed by atoms with Crippen molar-refractivity contribution in [2.45, 2.75) is 76.5 Å². The zero-order valence-corrected chi connectivity index (χ0v) is 22.9. The van der Waals surface area contributed by atoms with Gasteiger partial charge in [-0.1, -0.05) is 20.8 Å². The molecule has 3 heterocycles. The molecule has 1 fully saturated rings. The molecule has 0 aromatic carbocycles. The second-order valence-corrected chi connectivity index (χ2v) is 12.7. The molecule has 1 aliphatic rings. The summed E-state index contributed by atoms with van der Waals surface area (Å²) < 4.78 is 64.9. The molecule has 1 aliphatic carbocycles. The van der Waals surface area contributed by atoms with Crippen molar-refractivity contribution in [2.75, 3.05) is 5.75 Å². The summed E-state index contributed by atoms with van der Waals surface area (Å²) in [5.41, 5.74) is 2.03. The first-order chi connectivity index (χ1) is 18.3. The van der Waals surface area contributed by atoms with Gasteiger partial charge in [0.05, 0.1) is 45.3 Å². The number of carbonyl (C=O) groups is 1. The van der Waals surface area contributed by atoms with E-state index < -0.39 is 27.8 Å². The van der Waals surface area contributed by atoms with Gasteiger partial charge in [0.15, 0.2) is 9.84 Å². The lowest BCUT2D eigenvalue weighted by atomic mass is 9.81. The van der Waals surface area contributed by atoms with E-state index in [1.165, 1.54) is 24.5 Å². The van der Waals surface area contributed by atoms with Crippen molar-refractivity contribution in [1.82, 2.24) is 19.9 Å². The maximum atomic E-state index is 13.1. The predicted molar refractivity (Wildman–Crippen MR) is 140 cm³/mol. The van der Waals surface area contributed by atoms with E-state index in [0.717, 1.165) is 5.69 Å². The lowest BCUT2D eigenvalue weighted by molar-refractivity contribution is -0.184. The number of amides is 1. The van der Waals surface area contributed by atoms with Gasteiger partial charge >= 0.3 is 6.18 Å². The van der Waals surface area contributed by atoms with Crippen molar-refractivity contribution < 1.29 is 31.5 Å². The van der Waals surface area contributed by atoms with Gasteiger partial charge in [0.25, 0.3) is 5.91 Å². The van der Waals surface area contributed by atoms with Gasteiger partial charge in [-0.3, -0.25) is 14.8 Å². The third-order valence-electron chi connectivity index (χ3n) is 7.44. The average Bonchev–Trinajstić information content (AvgIpc) is 3.18. The normalized spacial score (nSPS) is 18.5. The molecule has 0 saturated heterocycles.